The summed E-state index contributed by atoms with van der Waals surface area (Å²) < 4.78 is 14.4. The molecule has 0 aliphatic heterocycles. The maximum atomic E-state index is 12.7. The highest BCUT2D eigenvalue weighted by Gasteiger charge is 2.34. The van der Waals surface area contributed by atoms with Gasteiger partial charge in [-0.3, -0.25) is 9.88 Å². The molecule has 0 radical (unpaired) electrons. The summed E-state index contributed by atoms with van der Waals surface area (Å²) in [6.45, 7) is 0.305. The van der Waals surface area contributed by atoms with Gasteiger partial charge in [-0.15, -0.1) is 0 Å². The van der Waals surface area contributed by atoms with Crippen molar-refractivity contribution in [1.29, 1.82) is 0 Å². The Morgan fingerprint density at radius 1 is 0.722 bits per heavy atom. The molecule has 0 bridgehead atoms. The number of rotatable bonds is 8. The van der Waals surface area contributed by atoms with E-state index in [1.165, 1.54) is 0 Å². The van der Waals surface area contributed by atoms with Crippen LogP contribution >= 0.6 is 7.60 Å². The summed E-state index contributed by atoms with van der Waals surface area (Å²) in [6, 6.07) is 37.0. The number of aromatic nitrogens is 2. The fourth-order valence-corrected chi connectivity index (χ4v) is 5.08. The zero-order valence-corrected chi connectivity index (χ0v) is 20.4. The van der Waals surface area contributed by atoms with Crippen molar-refractivity contribution in [1.82, 2.24) is 15.1 Å². The standard InChI is InChI=1S/C29H26N3O3P/c33-36(34,35)29(30-20-22-10-4-1-5-11-22)27-21-32(26-14-8-3-9-15-26)31-28(27)25-18-16-24(17-19-25)23-12-6-2-7-13-23/h1-19,21,29-30H,20H2,(H2,33,34,35)/t29-/m1/s1. The minimum atomic E-state index is -4.58. The zero-order chi connectivity index (χ0) is 25.0. The fourth-order valence-electron chi connectivity index (χ4n) is 4.20. The second-order valence-electron chi connectivity index (χ2n) is 8.51. The molecular formula is C29H26N3O3P. The Labute approximate surface area is 210 Å². The largest absolute Gasteiger partial charge is 0.346 e. The maximum absolute atomic E-state index is 12.7. The highest BCUT2D eigenvalue weighted by Crippen LogP contribution is 2.52. The smallest absolute Gasteiger partial charge is 0.323 e. The van der Waals surface area contributed by atoms with E-state index in [1.807, 2.05) is 115 Å². The van der Waals surface area contributed by atoms with Crippen LogP contribution in [0.3, 0.4) is 0 Å². The summed E-state index contributed by atoms with van der Waals surface area (Å²) in [5, 5.41) is 7.86. The van der Waals surface area contributed by atoms with Gasteiger partial charge in [0.25, 0.3) is 0 Å². The number of hydrogen-bond acceptors (Lipinski definition) is 3. The van der Waals surface area contributed by atoms with Crippen LogP contribution in [0.15, 0.2) is 121 Å². The quantitative estimate of drug-likeness (QED) is 0.224. The molecule has 36 heavy (non-hydrogen) atoms. The van der Waals surface area contributed by atoms with Crippen LogP contribution in [0.5, 0.6) is 0 Å². The van der Waals surface area contributed by atoms with E-state index >= 15 is 0 Å². The third-order valence-corrected chi connectivity index (χ3v) is 7.14. The van der Waals surface area contributed by atoms with Crippen LogP contribution < -0.4 is 5.32 Å². The molecule has 6 nitrogen and oxygen atoms in total. The van der Waals surface area contributed by atoms with Gasteiger partial charge in [0.1, 0.15) is 5.78 Å². The Morgan fingerprint density at radius 2 is 1.25 bits per heavy atom. The van der Waals surface area contributed by atoms with Gasteiger partial charge < -0.3 is 9.79 Å². The monoisotopic (exact) mass is 495 g/mol. The molecule has 180 valence electrons. The van der Waals surface area contributed by atoms with E-state index < -0.39 is 13.4 Å². The highest BCUT2D eigenvalue weighted by atomic mass is 31.2. The van der Waals surface area contributed by atoms with E-state index in [4.69, 9.17) is 5.10 Å². The molecular weight excluding hydrogens is 469 g/mol. The van der Waals surface area contributed by atoms with E-state index in [0.717, 1.165) is 27.9 Å². The van der Waals surface area contributed by atoms with Crippen molar-refractivity contribution in [2.75, 3.05) is 0 Å². The first-order valence-electron chi connectivity index (χ1n) is 11.6. The van der Waals surface area contributed by atoms with Gasteiger partial charge in [0.15, 0.2) is 0 Å². The average molecular weight is 496 g/mol. The second kappa shape index (κ2) is 10.4. The molecule has 1 aromatic heterocycles. The van der Waals surface area contributed by atoms with Gasteiger partial charge in [-0.1, -0.05) is 103 Å². The number of benzene rings is 4. The van der Waals surface area contributed by atoms with Gasteiger partial charge >= 0.3 is 7.60 Å². The number of nitrogens with zero attached hydrogens (tertiary/aromatic N) is 2. The Bertz CT molecular complexity index is 1470. The SMILES string of the molecule is O=P(O)(O)[C@@H](NCc1ccccc1)c1cn(-c2ccccc2)nc1-c1ccc(-c2ccccc2)cc1. The van der Waals surface area contributed by atoms with Gasteiger partial charge in [0.2, 0.25) is 0 Å². The number of nitrogens with one attached hydrogen (secondary N) is 1. The first-order chi connectivity index (χ1) is 17.5. The Balaban J connectivity index is 1.57. The molecule has 0 spiro atoms. The minimum Gasteiger partial charge on any atom is -0.323 e. The van der Waals surface area contributed by atoms with Crippen molar-refractivity contribution in [3.05, 3.63) is 133 Å². The van der Waals surface area contributed by atoms with Crippen LogP contribution in [0.4, 0.5) is 0 Å². The topological polar surface area (TPSA) is 87.4 Å². The van der Waals surface area contributed by atoms with Crippen LogP contribution in [0.2, 0.25) is 0 Å². The van der Waals surface area contributed by atoms with E-state index in [9.17, 15) is 14.4 Å². The first-order valence-corrected chi connectivity index (χ1v) is 13.3. The molecule has 1 heterocycles. The summed E-state index contributed by atoms with van der Waals surface area (Å²) >= 11 is 0. The Morgan fingerprint density at radius 3 is 1.86 bits per heavy atom. The fraction of sp³-hybridized carbons (Fsp3) is 0.0690. The summed E-state index contributed by atoms with van der Waals surface area (Å²) in [7, 11) is -4.58. The van der Waals surface area contributed by atoms with Gasteiger partial charge in [0, 0.05) is 23.9 Å². The number of para-hydroxylation sites is 1. The molecule has 0 fully saturated rings. The van der Waals surface area contributed by atoms with Crippen molar-refractivity contribution in [2.45, 2.75) is 12.3 Å². The number of hydrogen-bond donors (Lipinski definition) is 3. The molecule has 0 aliphatic carbocycles. The molecule has 0 aliphatic rings. The van der Waals surface area contributed by atoms with Crippen molar-refractivity contribution < 1.29 is 14.4 Å². The highest BCUT2D eigenvalue weighted by molar-refractivity contribution is 7.52. The lowest BCUT2D eigenvalue weighted by Crippen LogP contribution is -2.21. The summed E-state index contributed by atoms with van der Waals surface area (Å²) in [5.41, 5.74) is 5.62. The van der Waals surface area contributed by atoms with E-state index in [-0.39, 0.29) is 0 Å². The van der Waals surface area contributed by atoms with Gasteiger partial charge in [0.05, 0.1) is 11.4 Å². The van der Waals surface area contributed by atoms with Crippen LogP contribution in [0.1, 0.15) is 16.9 Å². The van der Waals surface area contributed by atoms with Crippen molar-refractivity contribution in [2.24, 2.45) is 0 Å². The van der Waals surface area contributed by atoms with Crippen LogP contribution in [-0.2, 0) is 11.1 Å². The predicted octanol–water partition coefficient (Wildman–Crippen LogP) is 6.17. The van der Waals surface area contributed by atoms with Crippen molar-refractivity contribution >= 4 is 7.60 Å². The molecule has 0 saturated heterocycles. The lowest BCUT2D eigenvalue weighted by molar-refractivity contribution is 0.347. The third-order valence-electron chi connectivity index (χ3n) is 6.00. The van der Waals surface area contributed by atoms with Crippen molar-refractivity contribution in [3.63, 3.8) is 0 Å². The molecule has 4 aromatic carbocycles. The minimum absolute atomic E-state index is 0.305. The molecule has 5 aromatic rings. The predicted molar refractivity (Wildman–Crippen MR) is 143 cm³/mol. The second-order valence-corrected chi connectivity index (χ2v) is 10.2. The van der Waals surface area contributed by atoms with E-state index in [2.05, 4.69) is 5.32 Å². The van der Waals surface area contributed by atoms with Gasteiger partial charge in [-0.05, 0) is 28.8 Å². The molecule has 1 atom stereocenters. The molecule has 5 rings (SSSR count). The first kappa shape index (κ1) is 23.9. The van der Waals surface area contributed by atoms with Gasteiger partial charge in [-0.25, -0.2) is 4.68 Å². The summed E-state index contributed by atoms with van der Waals surface area (Å²) in [4.78, 5) is 20.7. The molecule has 3 N–H and O–H groups in total. The zero-order valence-electron chi connectivity index (χ0n) is 19.5. The third kappa shape index (κ3) is 5.38. The van der Waals surface area contributed by atoms with Crippen molar-refractivity contribution in [3.8, 4) is 28.1 Å². The van der Waals surface area contributed by atoms with Gasteiger partial charge in [-0.2, -0.15) is 5.10 Å². The molecule has 0 saturated carbocycles. The van der Waals surface area contributed by atoms with Crippen LogP contribution in [-0.4, -0.2) is 19.6 Å². The lowest BCUT2D eigenvalue weighted by atomic mass is 10.0. The maximum Gasteiger partial charge on any atom is 0.346 e. The Kier molecular flexibility index (Phi) is 6.94. The Hall–Kier alpha value is -3.80. The molecule has 0 amide bonds. The summed E-state index contributed by atoms with van der Waals surface area (Å²) in [5.74, 6) is -1.22. The molecule has 7 heteroatoms. The summed E-state index contributed by atoms with van der Waals surface area (Å²) in [6.07, 6.45) is 1.71. The molecule has 0 unspecified atom stereocenters. The van der Waals surface area contributed by atoms with Crippen LogP contribution in [0, 0.1) is 0 Å². The normalized spacial score (nSPS) is 12.4. The van der Waals surface area contributed by atoms with E-state index in [0.29, 0.717) is 17.8 Å². The average Bonchev–Trinajstić information content (AvgIpc) is 3.35. The lowest BCUT2D eigenvalue weighted by Gasteiger charge is -2.20. The van der Waals surface area contributed by atoms with Crippen LogP contribution in [0.25, 0.3) is 28.1 Å². The van der Waals surface area contributed by atoms with E-state index in [1.54, 1.807) is 10.9 Å².